The molecule has 1 aromatic carbocycles. The molecule has 1 heterocycles. The number of aliphatic hydroxyl groups excluding tert-OH is 1. The van der Waals surface area contributed by atoms with Crippen molar-refractivity contribution in [1.82, 2.24) is 0 Å². The molecular formula is C11H11FO3. The predicted octanol–water partition coefficient (Wildman–Crippen LogP) is 2.30. The molecule has 0 radical (unpaired) electrons. The molecule has 4 heteroatoms. The largest absolute Gasteiger partial charge is 0.460 e. The van der Waals surface area contributed by atoms with Crippen molar-refractivity contribution in [3.05, 3.63) is 35.3 Å². The van der Waals surface area contributed by atoms with Crippen molar-refractivity contribution in [3.63, 3.8) is 0 Å². The number of hydrogen-bond acceptors (Lipinski definition) is 3. The van der Waals surface area contributed by atoms with Gasteiger partial charge in [-0.25, -0.2) is 4.39 Å². The van der Waals surface area contributed by atoms with Gasteiger partial charge in [-0.1, -0.05) is 6.07 Å². The molecule has 2 aromatic rings. The molecule has 0 spiro atoms. The molecule has 0 amide bonds. The molecule has 15 heavy (non-hydrogen) atoms. The van der Waals surface area contributed by atoms with Crippen LogP contribution in [0, 0.1) is 12.7 Å². The summed E-state index contributed by atoms with van der Waals surface area (Å²) in [5.74, 6) is -0.398. The molecule has 1 N–H and O–H groups in total. The van der Waals surface area contributed by atoms with Crippen molar-refractivity contribution in [1.29, 1.82) is 0 Å². The highest BCUT2D eigenvalue weighted by Gasteiger charge is 2.10. The Hall–Kier alpha value is -1.68. The number of benzene rings is 1. The van der Waals surface area contributed by atoms with E-state index in [4.69, 9.17) is 9.52 Å². The van der Waals surface area contributed by atoms with E-state index >= 15 is 0 Å². The number of furan rings is 1. The van der Waals surface area contributed by atoms with Gasteiger partial charge in [-0.15, -0.1) is 0 Å². The van der Waals surface area contributed by atoms with Crippen LogP contribution >= 0.6 is 0 Å². The summed E-state index contributed by atoms with van der Waals surface area (Å²) in [4.78, 5) is 10.5. The van der Waals surface area contributed by atoms with Crippen molar-refractivity contribution in [2.75, 3.05) is 7.11 Å². The average Bonchev–Trinajstić information content (AvgIpc) is 2.70. The van der Waals surface area contributed by atoms with Gasteiger partial charge in [0.1, 0.15) is 6.26 Å². The minimum absolute atomic E-state index is 0.155. The number of halogens is 1. The van der Waals surface area contributed by atoms with E-state index in [-0.39, 0.29) is 5.58 Å². The third kappa shape index (κ3) is 1.89. The van der Waals surface area contributed by atoms with Gasteiger partial charge in [0.2, 0.25) is 0 Å². The Morgan fingerprint density at radius 1 is 1.40 bits per heavy atom. The number of carbonyl (C=O) groups is 1. The Kier molecular flexibility index (Phi) is 3.57. The fraction of sp³-hybridized carbons (Fsp3) is 0.182. The maximum atomic E-state index is 13.3. The lowest BCUT2D eigenvalue weighted by atomic mass is 10.1. The van der Waals surface area contributed by atoms with Crippen LogP contribution in [0.1, 0.15) is 15.9 Å². The van der Waals surface area contributed by atoms with Crippen LogP contribution in [0.15, 0.2) is 22.8 Å². The van der Waals surface area contributed by atoms with Gasteiger partial charge in [0.15, 0.2) is 17.7 Å². The number of fused-ring (bicyclic) bond motifs is 1. The molecule has 0 fully saturated rings. The zero-order valence-electron chi connectivity index (χ0n) is 8.45. The zero-order chi connectivity index (χ0) is 11.4. The van der Waals surface area contributed by atoms with E-state index < -0.39 is 5.82 Å². The molecule has 0 saturated heterocycles. The summed E-state index contributed by atoms with van der Waals surface area (Å²) in [6, 6.07) is 3.31. The van der Waals surface area contributed by atoms with Crippen LogP contribution in [0.25, 0.3) is 11.0 Å². The van der Waals surface area contributed by atoms with Crippen LogP contribution in [-0.4, -0.2) is 18.5 Å². The maximum Gasteiger partial charge on any atom is 0.170 e. The number of aryl methyl sites for hydroxylation is 1. The van der Waals surface area contributed by atoms with Gasteiger partial charge in [0, 0.05) is 12.5 Å². The van der Waals surface area contributed by atoms with Gasteiger partial charge in [-0.05, 0) is 18.6 Å². The quantitative estimate of drug-likeness (QED) is 0.735. The van der Waals surface area contributed by atoms with Crippen LogP contribution in [-0.2, 0) is 0 Å². The Labute approximate surface area is 86.1 Å². The first-order valence-corrected chi connectivity index (χ1v) is 4.30. The van der Waals surface area contributed by atoms with Crippen LogP contribution in [0.4, 0.5) is 4.39 Å². The number of hydrogen-bond donors (Lipinski definition) is 1. The molecule has 3 nitrogen and oxygen atoms in total. The SMILES string of the molecule is CO.Cc1ccc2c(C=O)coc2c1F. The zero-order valence-corrected chi connectivity index (χ0v) is 8.45. The van der Waals surface area contributed by atoms with Crippen LogP contribution in [0.2, 0.25) is 0 Å². The average molecular weight is 210 g/mol. The summed E-state index contributed by atoms with van der Waals surface area (Å²) in [5.41, 5.74) is 1.05. The summed E-state index contributed by atoms with van der Waals surface area (Å²) >= 11 is 0. The van der Waals surface area contributed by atoms with E-state index in [0.29, 0.717) is 22.8 Å². The second-order valence-corrected chi connectivity index (χ2v) is 2.88. The number of rotatable bonds is 1. The topological polar surface area (TPSA) is 50.4 Å². The van der Waals surface area contributed by atoms with Crippen molar-refractivity contribution in [2.45, 2.75) is 6.92 Å². The second-order valence-electron chi connectivity index (χ2n) is 2.88. The van der Waals surface area contributed by atoms with E-state index in [9.17, 15) is 9.18 Å². The van der Waals surface area contributed by atoms with Crippen molar-refractivity contribution in [3.8, 4) is 0 Å². The smallest absolute Gasteiger partial charge is 0.170 e. The molecule has 0 saturated carbocycles. The third-order valence-corrected chi connectivity index (χ3v) is 2.03. The van der Waals surface area contributed by atoms with Gasteiger partial charge >= 0.3 is 0 Å². The van der Waals surface area contributed by atoms with Gasteiger partial charge in [0.05, 0.1) is 5.56 Å². The molecule has 0 aliphatic heterocycles. The number of carbonyl (C=O) groups excluding carboxylic acids is 1. The molecular weight excluding hydrogens is 199 g/mol. The first-order valence-electron chi connectivity index (χ1n) is 4.30. The Morgan fingerprint density at radius 3 is 2.67 bits per heavy atom. The van der Waals surface area contributed by atoms with Crippen LogP contribution in [0.3, 0.4) is 0 Å². The maximum absolute atomic E-state index is 13.3. The summed E-state index contributed by atoms with van der Waals surface area (Å²) in [7, 11) is 1.00. The normalized spacial score (nSPS) is 9.60. The van der Waals surface area contributed by atoms with E-state index in [2.05, 4.69) is 0 Å². The monoisotopic (exact) mass is 210 g/mol. The Bertz CT molecular complexity index is 474. The Balaban J connectivity index is 0.000000531. The Morgan fingerprint density at radius 2 is 2.07 bits per heavy atom. The summed E-state index contributed by atoms with van der Waals surface area (Å²) in [6.45, 7) is 1.65. The second kappa shape index (κ2) is 4.70. The molecule has 0 aliphatic rings. The van der Waals surface area contributed by atoms with Gasteiger partial charge in [-0.2, -0.15) is 0 Å². The summed E-state index contributed by atoms with van der Waals surface area (Å²) in [5, 5.41) is 7.53. The highest BCUT2D eigenvalue weighted by atomic mass is 19.1. The van der Waals surface area contributed by atoms with E-state index in [1.807, 2.05) is 0 Å². The molecule has 0 unspecified atom stereocenters. The minimum Gasteiger partial charge on any atom is -0.460 e. The predicted molar refractivity (Wildman–Crippen MR) is 54.4 cm³/mol. The third-order valence-electron chi connectivity index (χ3n) is 2.03. The fourth-order valence-corrected chi connectivity index (χ4v) is 1.27. The van der Waals surface area contributed by atoms with Crippen molar-refractivity contribution >= 4 is 17.3 Å². The molecule has 0 bridgehead atoms. The van der Waals surface area contributed by atoms with Gasteiger partial charge in [0.25, 0.3) is 0 Å². The molecule has 0 atom stereocenters. The first kappa shape index (κ1) is 11.4. The van der Waals surface area contributed by atoms with Gasteiger partial charge < -0.3 is 9.52 Å². The van der Waals surface area contributed by atoms with E-state index in [1.54, 1.807) is 19.1 Å². The molecule has 0 aliphatic carbocycles. The standard InChI is InChI=1S/C10H7FO2.CH4O/c1-6-2-3-8-7(4-12)5-13-10(8)9(6)11;1-2/h2-5H,1H3;2H,1H3. The van der Waals surface area contributed by atoms with Crippen LogP contribution < -0.4 is 0 Å². The number of aldehydes is 1. The highest BCUT2D eigenvalue weighted by Crippen LogP contribution is 2.24. The van der Waals surface area contributed by atoms with E-state index in [1.165, 1.54) is 6.26 Å². The molecule has 80 valence electrons. The van der Waals surface area contributed by atoms with E-state index in [0.717, 1.165) is 7.11 Å². The van der Waals surface area contributed by atoms with Gasteiger partial charge in [-0.3, -0.25) is 4.79 Å². The molecule has 1 aromatic heterocycles. The lowest BCUT2D eigenvalue weighted by molar-refractivity contribution is 0.112. The van der Waals surface area contributed by atoms with Crippen molar-refractivity contribution in [2.24, 2.45) is 0 Å². The summed E-state index contributed by atoms with van der Waals surface area (Å²) < 4.78 is 18.3. The number of aliphatic hydroxyl groups is 1. The minimum atomic E-state index is -0.398. The first-order chi connectivity index (χ1) is 7.24. The van der Waals surface area contributed by atoms with Crippen LogP contribution in [0.5, 0.6) is 0 Å². The lowest BCUT2D eigenvalue weighted by Crippen LogP contribution is -1.82. The van der Waals surface area contributed by atoms with Crippen molar-refractivity contribution < 1.29 is 18.7 Å². The fourth-order valence-electron chi connectivity index (χ4n) is 1.27. The lowest BCUT2D eigenvalue weighted by Gasteiger charge is -1.95. The highest BCUT2D eigenvalue weighted by molar-refractivity contribution is 5.96. The summed E-state index contributed by atoms with van der Waals surface area (Å²) in [6.07, 6.45) is 1.92. The molecule has 2 rings (SSSR count).